The van der Waals surface area contributed by atoms with Gasteiger partial charge >= 0.3 is 5.97 Å². The molecule has 1 aliphatic carbocycles. The Hall–Kier alpha value is -4.03. The number of carbonyl (C=O) groups excluding carboxylic acids is 5. The smallest absolute Gasteiger partial charge is 0.329 e. The fourth-order valence-electron chi connectivity index (χ4n) is 10.5. The number of anilines is 1. The predicted molar refractivity (Wildman–Crippen MR) is 249 cm³/mol. The number of fused-ring (bicyclic) bond motifs is 3. The van der Waals surface area contributed by atoms with Crippen LogP contribution >= 0.6 is 0 Å². The standard InChI is InChI=1S/C51H76N2O14/c1-10-35-22-29(2)21-30(3)23-43(63-8)47-44(64-9)25-32(5)51(61,67-47)48(58)49(59)53-20-12-11-13-38(53)50(60)66-46(33(6)39(55)27-40(35)56)31(4)24-34-14-19-41(42(26-34)62-7)65-28-45(57)52-36-15-17-37(54)18-16-36/h15-18,22,24,30,32-35,38-39,41-44,46-47,54-55,61H,10-14,19-21,23,25-28H2,1-9H3,(H,52,57)/b29-22+,31-24+/t30-,32+,33+,34?,35+,38-,39-,41+,42+,43-,44-,46+,47+,51+/m0/s1. The zero-order valence-corrected chi connectivity index (χ0v) is 40.9. The van der Waals surface area contributed by atoms with Crippen molar-refractivity contribution < 1.29 is 67.7 Å². The third-order valence-corrected chi connectivity index (χ3v) is 14.4. The average Bonchev–Trinajstić information content (AvgIpc) is 3.31. The number of methoxy groups -OCH3 is 3. The van der Waals surface area contributed by atoms with Crippen molar-refractivity contribution in [3.05, 3.63) is 47.6 Å². The Labute approximate surface area is 396 Å². The van der Waals surface area contributed by atoms with E-state index in [2.05, 4.69) is 5.32 Å². The van der Waals surface area contributed by atoms with Crippen molar-refractivity contribution in [1.82, 2.24) is 4.90 Å². The van der Waals surface area contributed by atoms with Gasteiger partial charge in [0.05, 0.1) is 30.5 Å². The predicted octanol–water partition coefficient (Wildman–Crippen LogP) is 5.84. The van der Waals surface area contributed by atoms with E-state index in [1.807, 2.05) is 39.8 Å². The van der Waals surface area contributed by atoms with Gasteiger partial charge in [-0.2, -0.15) is 0 Å². The van der Waals surface area contributed by atoms with Gasteiger partial charge < -0.3 is 54.0 Å². The van der Waals surface area contributed by atoms with Crippen molar-refractivity contribution in [1.29, 1.82) is 0 Å². The molecule has 2 amide bonds. The maximum Gasteiger partial charge on any atom is 0.329 e. The number of benzene rings is 1. The molecule has 1 aromatic rings. The third-order valence-electron chi connectivity index (χ3n) is 14.4. The molecule has 374 valence electrons. The molecule has 16 nitrogen and oxygen atoms in total. The molecule has 4 N–H and O–H groups in total. The second kappa shape index (κ2) is 24.5. The number of phenols is 1. The molecule has 0 aromatic heterocycles. The van der Waals surface area contributed by atoms with Gasteiger partial charge in [0.1, 0.15) is 36.4 Å². The molecule has 0 radical (unpaired) electrons. The van der Waals surface area contributed by atoms with Crippen LogP contribution in [0.25, 0.3) is 0 Å². The summed E-state index contributed by atoms with van der Waals surface area (Å²) in [4.78, 5) is 71.0. The number of piperidine rings is 1. The highest BCUT2D eigenvalue weighted by Gasteiger charge is 2.56. The molecule has 4 aliphatic rings. The van der Waals surface area contributed by atoms with Gasteiger partial charge in [-0.25, -0.2) is 4.79 Å². The Morgan fingerprint density at radius 1 is 0.910 bits per heavy atom. The Morgan fingerprint density at radius 3 is 2.24 bits per heavy atom. The molecule has 3 heterocycles. The van der Waals surface area contributed by atoms with Gasteiger partial charge in [0.2, 0.25) is 11.7 Å². The van der Waals surface area contributed by atoms with Crippen LogP contribution in [0, 0.1) is 29.6 Å². The van der Waals surface area contributed by atoms with Gasteiger partial charge in [-0.1, -0.05) is 45.4 Å². The quantitative estimate of drug-likeness (QED) is 0.0939. The topological polar surface area (TPSA) is 217 Å². The van der Waals surface area contributed by atoms with Gasteiger partial charge in [-0.3, -0.25) is 19.2 Å². The normalized spacial score (nSPS) is 36.5. The highest BCUT2D eigenvalue weighted by Crippen LogP contribution is 2.39. The number of nitrogens with zero attached hydrogens (tertiary/aromatic N) is 1. The van der Waals surface area contributed by atoms with E-state index >= 15 is 0 Å². The summed E-state index contributed by atoms with van der Waals surface area (Å²) in [6, 6.07) is 4.95. The van der Waals surface area contributed by atoms with Gasteiger partial charge in [-0.05, 0) is 120 Å². The van der Waals surface area contributed by atoms with Crippen LogP contribution in [0.1, 0.15) is 112 Å². The van der Waals surface area contributed by atoms with E-state index < -0.39 is 77.8 Å². The number of ether oxygens (including phenoxy) is 6. The zero-order valence-electron chi connectivity index (χ0n) is 40.9. The van der Waals surface area contributed by atoms with Gasteiger partial charge in [0.25, 0.3) is 11.7 Å². The number of amides is 2. The van der Waals surface area contributed by atoms with Crippen molar-refractivity contribution in [2.45, 2.75) is 167 Å². The SMILES string of the molecule is CC[C@@H]1/C=C(\C)C[C@H](C)C[C@H](OC)[C@H]2O[C@@](O)(C(=O)C(=O)N3CCCC[C@H]3C(=O)O[C@H](/C(C)=C/C3CC[C@@H](OCC(=O)Nc4ccc(O)cc4)[C@H](OC)C3)[C@H](C)[C@@H](O)CC1=O)[C@H](C)C[C@@H]2OC. The van der Waals surface area contributed by atoms with E-state index in [0.29, 0.717) is 62.6 Å². The second-order valence-electron chi connectivity index (χ2n) is 19.5. The molecular formula is C51H76N2O14. The first-order valence-corrected chi connectivity index (χ1v) is 24.1. The van der Waals surface area contributed by atoms with E-state index in [4.69, 9.17) is 28.4 Å². The number of aliphatic hydroxyl groups is 2. The number of aliphatic hydroxyl groups excluding tert-OH is 1. The fourth-order valence-corrected chi connectivity index (χ4v) is 10.5. The molecule has 2 saturated heterocycles. The van der Waals surface area contributed by atoms with Crippen molar-refractivity contribution in [3.63, 3.8) is 0 Å². The lowest BCUT2D eigenvalue weighted by atomic mass is 9.81. The summed E-state index contributed by atoms with van der Waals surface area (Å²) in [5.74, 6) is -8.10. The van der Waals surface area contributed by atoms with Gasteiger partial charge in [0.15, 0.2) is 0 Å². The van der Waals surface area contributed by atoms with Crippen LogP contribution in [0.4, 0.5) is 5.69 Å². The number of Topliss-reactive ketones (excluding diaryl/α,β-unsaturated/α-hetero) is 2. The second-order valence-corrected chi connectivity index (χ2v) is 19.5. The largest absolute Gasteiger partial charge is 0.508 e. The van der Waals surface area contributed by atoms with Crippen LogP contribution in [-0.2, 0) is 52.4 Å². The monoisotopic (exact) mass is 941 g/mol. The molecule has 5 rings (SSSR count). The molecule has 0 spiro atoms. The fraction of sp³-hybridized carbons (Fsp3) is 0.706. The van der Waals surface area contributed by atoms with Crippen LogP contribution in [-0.4, -0.2) is 139 Å². The maximum absolute atomic E-state index is 14.5. The first-order chi connectivity index (χ1) is 31.8. The molecule has 16 heteroatoms. The molecule has 3 aliphatic heterocycles. The van der Waals surface area contributed by atoms with Gasteiger partial charge in [-0.15, -0.1) is 0 Å². The summed E-state index contributed by atoms with van der Waals surface area (Å²) in [7, 11) is 4.63. The molecule has 3 fully saturated rings. The lowest BCUT2D eigenvalue weighted by Crippen LogP contribution is -2.64. The number of rotatable bonds is 10. The van der Waals surface area contributed by atoms with E-state index in [-0.39, 0.29) is 73.9 Å². The summed E-state index contributed by atoms with van der Waals surface area (Å²) >= 11 is 0. The Kier molecular flexibility index (Phi) is 19.7. The highest BCUT2D eigenvalue weighted by atomic mass is 16.7. The van der Waals surface area contributed by atoms with Crippen molar-refractivity contribution in [2.24, 2.45) is 29.6 Å². The van der Waals surface area contributed by atoms with Crippen molar-refractivity contribution in [2.75, 3.05) is 39.8 Å². The summed E-state index contributed by atoms with van der Waals surface area (Å²) in [6.07, 6.45) is 3.46. The third kappa shape index (κ3) is 13.6. The van der Waals surface area contributed by atoms with Crippen molar-refractivity contribution in [3.8, 4) is 5.75 Å². The summed E-state index contributed by atoms with van der Waals surface area (Å²) in [6.45, 7) is 11.0. The number of cyclic esters (lactones) is 1. The molecule has 1 aromatic carbocycles. The minimum absolute atomic E-state index is 0.0120. The Balaban J connectivity index is 1.43. The molecule has 14 atom stereocenters. The van der Waals surface area contributed by atoms with Crippen LogP contribution in [0.5, 0.6) is 5.75 Å². The summed E-state index contributed by atoms with van der Waals surface area (Å²) in [5, 5.41) is 36.3. The number of carbonyl (C=O) groups is 5. The van der Waals surface area contributed by atoms with Crippen molar-refractivity contribution >= 4 is 35.0 Å². The van der Waals surface area contributed by atoms with Crippen LogP contribution in [0.3, 0.4) is 0 Å². The van der Waals surface area contributed by atoms with E-state index in [1.54, 1.807) is 33.1 Å². The zero-order chi connectivity index (χ0) is 49.2. The van der Waals surface area contributed by atoms with Crippen LogP contribution in [0.2, 0.25) is 0 Å². The molecule has 1 unspecified atom stereocenters. The Morgan fingerprint density at radius 2 is 1.58 bits per heavy atom. The Bertz CT molecular complexity index is 1920. The van der Waals surface area contributed by atoms with E-state index in [1.165, 1.54) is 31.3 Å². The maximum atomic E-state index is 14.5. The average molecular weight is 941 g/mol. The van der Waals surface area contributed by atoms with Crippen LogP contribution < -0.4 is 5.32 Å². The van der Waals surface area contributed by atoms with E-state index in [9.17, 15) is 39.3 Å². The summed E-state index contributed by atoms with van der Waals surface area (Å²) in [5.41, 5.74) is 2.13. The lowest BCUT2D eigenvalue weighted by Gasteiger charge is -2.47. The molecule has 1 saturated carbocycles. The van der Waals surface area contributed by atoms with Gasteiger partial charge in [0, 0.05) is 57.7 Å². The molecule has 2 bridgehead atoms. The molecule has 67 heavy (non-hydrogen) atoms. The number of nitrogens with one attached hydrogen (secondary N) is 1. The van der Waals surface area contributed by atoms with E-state index in [0.717, 1.165) is 5.57 Å². The minimum atomic E-state index is -2.53. The minimum Gasteiger partial charge on any atom is -0.508 e. The first-order valence-electron chi connectivity index (χ1n) is 24.1. The number of esters is 1. The summed E-state index contributed by atoms with van der Waals surface area (Å²) < 4.78 is 36.3. The number of phenolic OH excluding ortho intramolecular Hbond substituents is 1. The van der Waals surface area contributed by atoms with Crippen LogP contribution in [0.15, 0.2) is 47.6 Å². The lowest BCUT2D eigenvalue weighted by molar-refractivity contribution is -0.302. The first kappa shape index (κ1) is 53.9. The number of aromatic hydroxyl groups is 1. The number of allylic oxidation sites excluding steroid dienone is 3. The molecular weight excluding hydrogens is 865 g/mol. The number of hydrogen-bond donors (Lipinski definition) is 4. The highest BCUT2D eigenvalue weighted by molar-refractivity contribution is 6.39. The number of ketones is 2. The number of hydrogen-bond acceptors (Lipinski definition) is 14.